The highest BCUT2D eigenvalue weighted by Gasteiger charge is 2.23. The van der Waals surface area contributed by atoms with Gasteiger partial charge in [-0.15, -0.1) is 10.2 Å². The van der Waals surface area contributed by atoms with E-state index in [4.69, 9.17) is 32.4 Å². The first kappa shape index (κ1) is 21.2. The molecule has 5 aromatic rings. The van der Waals surface area contributed by atoms with Gasteiger partial charge in [0.05, 0.1) is 12.7 Å². The number of pyridine rings is 1. The number of methoxy groups -OCH3 is 1. The van der Waals surface area contributed by atoms with Gasteiger partial charge in [0.15, 0.2) is 0 Å². The number of rotatable bonds is 6. The lowest BCUT2D eigenvalue weighted by atomic mass is 10.1. The van der Waals surface area contributed by atoms with Gasteiger partial charge >= 0.3 is 0 Å². The Bertz CT molecular complexity index is 1480. The third-order valence-electron chi connectivity index (χ3n) is 5.24. The fourth-order valence-corrected chi connectivity index (χ4v) is 4.06. The van der Waals surface area contributed by atoms with E-state index in [2.05, 4.69) is 15.2 Å². The molecule has 0 aliphatic carbocycles. The molecule has 9 heteroatoms. The van der Waals surface area contributed by atoms with Crippen molar-refractivity contribution in [3.05, 3.63) is 94.2 Å². The van der Waals surface area contributed by atoms with Gasteiger partial charge in [-0.3, -0.25) is 9.78 Å². The van der Waals surface area contributed by atoms with Crippen LogP contribution in [0.4, 0.5) is 0 Å². The van der Waals surface area contributed by atoms with E-state index < -0.39 is 0 Å². The van der Waals surface area contributed by atoms with Crippen LogP contribution >= 0.6 is 23.2 Å². The maximum atomic E-state index is 13.4. The molecule has 0 bridgehead atoms. The van der Waals surface area contributed by atoms with Crippen molar-refractivity contribution < 1.29 is 13.9 Å². The summed E-state index contributed by atoms with van der Waals surface area (Å²) in [5.41, 5.74) is 2.79. The molecule has 0 saturated heterocycles. The predicted molar refractivity (Wildman–Crippen MR) is 125 cm³/mol. The van der Waals surface area contributed by atoms with Crippen LogP contribution in [-0.4, -0.2) is 32.6 Å². The molecule has 0 fully saturated rings. The van der Waals surface area contributed by atoms with E-state index in [0.29, 0.717) is 38.9 Å². The lowest BCUT2D eigenvalue weighted by molar-refractivity contribution is 0.100. The molecule has 5 rings (SSSR count). The number of carbonyl (C=O) groups is 1. The molecule has 0 unspecified atom stereocenters. The minimum atomic E-state index is -0.387. The Kier molecular flexibility index (Phi) is 5.58. The molecule has 0 aliphatic heterocycles. The molecule has 3 heterocycles. The van der Waals surface area contributed by atoms with Gasteiger partial charge in [0.1, 0.15) is 5.75 Å². The topological polar surface area (TPSA) is 83.0 Å². The van der Waals surface area contributed by atoms with Gasteiger partial charge in [-0.2, -0.15) is 0 Å². The summed E-state index contributed by atoms with van der Waals surface area (Å²) in [6.07, 6.45) is 4.99. The van der Waals surface area contributed by atoms with Crippen molar-refractivity contribution in [1.82, 2.24) is 19.7 Å². The fourth-order valence-electron chi connectivity index (χ4n) is 3.59. The van der Waals surface area contributed by atoms with Gasteiger partial charge in [-0.25, -0.2) is 0 Å². The Morgan fingerprint density at radius 2 is 1.88 bits per heavy atom. The van der Waals surface area contributed by atoms with Crippen molar-refractivity contribution >= 4 is 39.9 Å². The molecule has 33 heavy (non-hydrogen) atoms. The summed E-state index contributed by atoms with van der Waals surface area (Å²) in [4.78, 5) is 17.3. The van der Waals surface area contributed by atoms with Crippen molar-refractivity contribution in [2.45, 2.75) is 6.54 Å². The molecule has 0 atom stereocenters. The number of hydrogen-bond donors (Lipinski definition) is 0. The molecule has 0 aliphatic rings. The molecular weight excluding hydrogens is 463 g/mol. The fraction of sp³-hybridized carbons (Fsp3) is 0.0833. The average molecular weight is 479 g/mol. The summed E-state index contributed by atoms with van der Waals surface area (Å²) >= 11 is 12.4. The molecule has 164 valence electrons. The lowest BCUT2D eigenvalue weighted by Crippen LogP contribution is -2.02. The van der Waals surface area contributed by atoms with E-state index >= 15 is 0 Å². The van der Waals surface area contributed by atoms with E-state index in [9.17, 15) is 4.79 Å². The summed E-state index contributed by atoms with van der Waals surface area (Å²) in [7, 11) is 1.58. The number of nitrogens with zero attached hydrogens (tertiary/aromatic N) is 4. The summed E-state index contributed by atoms with van der Waals surface area (Å²) in [5.74, 6) is 0.382. The minimum Gasteiger partial charge on any atom is -0.497 e. The molecule has 2 aromatic carbocycles. The largest absolute Gasteiger partial charge is 0.497 e. The van der Waals surface area contributed by atoms with Crippen molar-refractivity contribution in [3.63, 3.8) is 0 Å². The SMILES string of the molecule is COc1ccc2c(c1)c(C(=O)c1nnc(-c3ccncc3)o1)cn2Cc1ccc(Cl)cc1Cl. The van der Waals surface area contributed by atoms with Crippen molar-refractivity contribution in [3.8, 4) is 17.2 Å². The van der Waals surface area contributed by atoms with Crippen LogP contribution in [0.15, 0.2) is 71.5 Å². The highest BCUT2D eigenvalue weighted by Crippen LogP contribution is 2.30. The van der Waals surface area contributed by atoms with Crippen LogP contribution in [0, 0.1) is 0 Å². The van der Waals surface area contributed by atoms with Gasteiger partial charge in [0.25, 0.3) is 11.7 Å². The van der Waals surface area contributed by atoms with Crippen molar-refractivity contribution in [2.75, 3.05) is 7.11 Å². The first-order chi connectivity index (χ1) is 16.0. The first-order valence-electron chi connectivity index (χ1n) is 9.93. The molecule has 0 amide bonds. The first-order valence-corrected chi connectivity index (χ1v) is 10.7. The normalized spacial score (nSPS) is 11.1. The van der Waals surface area contributed by atoms with E-state index in [1.54, 1.807) is 50.0 Å². The predicted octanol–water partition coefficient (Wildman–Crippen LogP) is 5.68. The van der Waals surface area contributed by atoms with Gasteiger partial charge in [0.2, 0.25) is 5.89 Å². The molecular formula is C24H16Cl2N4O3. The van der Waals surface area contributed by atoms with Crippen LogP contribution in [0.5, 0.6) is 5.75 Å². The summed E-state index contributed by atoms with van der Waals surface area (Å²) < 4.78 is 13.0. The van der Waals surface area contributed by atoms with Crippen LogP contribution in [0.2, 0.25) is 10.0 Å². The maximum absolute atomic E-state index is 13.4. The second-order valence-corrected chi connectivity index (χ2v) is 8.11. The Labute approximate surface area is 198 Å². The zero-order valence-electron chi connectivity index (χ0n) is 17.3. The Morgan fingerprint density at radius 1 is 1.06 bits per heavy atom. The van der Waals surface area contributed by atoms with Crippen LogP contribution < -0.4 is 4.74 Å². The monoisotopic (exact) mass is 478 g/mol. The number of aromatic nitrogens is 4. The van der Waals surface area contributed by atoms with Crippen LogP contribution in [0.3, 0.4) is 0 Å². The molecule has 7 nitrogen and oxygen atoms in total. The molecule has 0 spiro atoms. The zero-order valence-corrected chi connectivity index (χ0v) is 18.8. The number of carbonyl (C=O) groups excluding carboxylic acids is 1. The summed E-state index contributed by atoms with van der Waals surface area (Å²) in [6.45, 7) is 0.443. The quantitative estimate of drug-likeness (QED) is 0.292. The number of fused-ring (bicyclic) bond motifs is 1. The Balaban J connectivity index is 1.57. The number of ether oxygens (including phenoxy) is 1. The second kappa shape index (κ2) is 8.69. The third kappa shape index (κ3) is 4.08. The van der Waals surface area contributed by atoms with Gasteiger partial charge in [0, 0.05) is 51.6 Å². The average Bonchev–Trinajstić information content (AvgIpc) is 3.46. The Morgan fingerprint density at radius 3 is 2.64 bits per heavy atom. The molecule has 3 aromatic heterocycles. The zero-order chi connectivity index (χ0) is 22.9. The minimum absolute atomic E-state index is 0.104. The number of halogens is 2. The van der Waals surface area contributed by atoms with E-state index in [1.807, 2.05) is 28.8 Å². The Hall–Kier alpha value is -3.68. The number of hydrogen-bond acceptors (Lipinski definition) is 6. The van der Waals surface area contributed by atoms with E-state index in [1.165, 1.54) is 0 Å². The highest BCUT2D eigenvalue weighted by molar-refractivity contribution is 6.35. The highest BCUT2D eigenvalue weighted by atomic mass is 35.5. The van der Waals surface area contributed by atoms with Crippen LogP contribution in [-0.2, 0) is 6.54 Å². The van der Waals surface area contributed by atoms with Gasteiger partial charge in [-0.1, -0.05) is 29.3 Å². The second-order valence-electron chi connectivity index (χ2n) is 7.27. The number of ketones is 1. The van der Waals surface area contributed by atoms with Crippen molar-refractivity contribution in [1.29, 1.82) is 0 Å². The lowest BCUT2D eigenvalue weighted by Gasteiger charge is -2.08. The van der Waals surface area contributed by atoms with E-state index in [0.717, 1.165) is 11.1 Å². The van der Waals surface area contributed by atoms with E-state index in [-0.39, 0.29) is 17.6 Å². The third-order valence-corrected chi connectivity index (χ3v) is 5.82. The van der Waals surface area contributed by atoms with Gasteiger partial charge in [-0.05, 0) is 48.0 Å². The molecule has 0 N–H and O–H groups in total. The van der Waals surface area contributed by atoms with Crippen LogP contribution in [0.1, 0.15) is 21.8 Å². The number of benzene rings is 2. The molecule has 0 radical (unpaired) electrons. The van der Waals surface area contributed by atoms with Gasteiger partial charge < -0.3 is 13.7 Å². The standard InChI is InChI=1S/C24H16Cl2N4O3/c1-32-17-4-5-21-18(11-17)19(13-30(21)12-15-2-3-16(25)10-20(15)26)22(31)24-29-28-23(33-24)14-6-8-27-9-7-14/h2-11,13H,12H2,1H3. The van der Waals surface area contributed by atoms with Crippen LogP contribution in [0.25, 0.3) is 22.4 Å². The smallest absolute Gasteiger partial charge is 0.289 e. The summed E-state index contributed by atoms with van der Waals surface area (Å²) in [6, 6.07) is 14.3. The molecule has 0 saturated carbocycles. The maximum Gasteiger partial charge on any atom is 0.289 e. The van der Waals surface area contributed by atoms with Crippen molar-refractivity contribution in [2.24, 2.45) is 0 Å². The summed E-state index contributed by atoms with van der Waals surface area (Å²) in [5, 5.41) is 9.79.